The highest BCUT2D eigenvalue weighted by Crippen LogP contribution is 2.51. The van der Waals surface area contributed by atoms with Crippen LogP contribution in [0.25, 0.3) is 11.1 Å². The van der Waals surface area contributed by atoms with Crippen LogP contribution in [0.3, 0.4) is 0 Å². The lowest BCUT2D eigenvalue weighted by Gasteiger charge is -2.34. The second-order valence-corrected chi connectivity index (χ2v) is 6.93. The first kappa shape index (κ1) is 15.4. The van der Waals surface area contributed by atoms with Gasteiger partial charge in [-0.15, -0.1) is 0 Å². The topological polar surface area (TPSA) is 29.5 Å². The third kappa shape index (κ3) is 2.44. The molecule has 0 saturated carbocycles. The minimum atomic E-state index is 0.104. The minimum Gasteiger partial charge on any atom is -0.375 e. The quantitative estimate of drug-likeness (QED) is 0.853. The van der Waals surface area contributed by atoms with Gasteiger partial charge in [-0.25, -0.2) is 0 Å². The lowest BCUT2D eigenvalue weighted by molar-refractivity contribution is -0.138. The molecule has 1 amide bonds. The number of fused-ring (bicyclic) bond motifs is 5. The molecule has 0 spiro atoms. The van der Waals surface area contributed by atoms with Crippen molar-refractivity contribution in [3.8, 4) is 11.1 Å². The summed E-state index contributed by atoms with van der Waals surface area (Å²) in [5.41, 5.74) is 6.57. The zero-order valence-corrected chi connectivity index (χ0v) is 14.3. The fourth-order valence-corrected chi connectivity index (χ4v) is 4.32. The molecule has 0 aromatic heterocycles. The van der Waals surface area contributed by atoms with Crippen LogP contribution in [-0.2, 0) is 9.53 Å². The molecule has 1 fully saturated rings. The molecule has 2 aromatic rings. The van der Waals surface area contributed by atoms with E-state index in [0.717, 1.165) is 19.4 Å². The van der Waals surface area contributed by atoms with Crippen molar-refractivity contribution < 1.29 is 9.53 Å². The maximum absolute atomic E-state index is 12.5. The fourth-order valence-electron chi connectivity index (χ4n) is 4.32. The van der Waals surface area contributed by atoms with Gasteiger partial charge in [0.1, 0.15) is 6.61 Å². The number of hydrogen-bond donors (Lipinski definition) is 0. The van der Waals surface area contributed by atoms with Gasteiger partial charge in [0.2, 0.25) is 5.91 Å². The highest BCUT2D eigenvalue weighted by Gasteiger charge is 2.41. The number of rotatable bonds is 3. The van der Waals surface area contributed by atoms with Gasteiger partial charge in [-0.3, -0.25) is 4.79 Å². The van der Waals surface area contributed by atoms with E-state index in [1.165, 1.54) is 27.8 Å². The number of hydrogen-bond acceptors (Lipinski definition) is 2. The molecule has 1 aliphatic heterocycles. The van der Waals surface area contributed by atoms with Gasteiger partial charge < -0.3 is 9.64 Å². The summed E-state index contributed by atoms with van der Waals surface area (Å²) in [6, 6.07) is 15.5. The fraction of sp³-hybridized carbons (Fsp3) is 0.381. The Bertz CT molecular complexity index is 766. The molecule has 0 unspecified atom stereocenters. The van der Waals surface area contributed by atoms with Crippen molar-refractivity contribution in [2.45, 2.75) is 31.7 Å². The molecule has 4 rings (SSSR count). The average Bonchev–Trinajstić information content (AvgIpc) is 2.89. The van der Waals surface area contributed by atoms with E-state index >= 15 is 0 Å². The van der Waals surface area contributed by atoms with Gasteiger partial charge in [0.15, 0.2) is 0 Å². The first-order valence-corrected chi connectivity index (χ1v) is 8.67. The molecule has 1 aliphatic carbocycles. The van der Waals surface area contributed by atoms with E-state index < -0.39 is 0 Å². The number of ether oxygens (including phenoxy) is 1. The van der Waals surface area contributed by atoms with E-state index in [1.54, 1.807) is 7.11 Å². The Kier molecular flexibility index (Phi) is 3.89. The van der Waals surface area contributed by atoms with Gasteiger partial charge >= 0.3 is 0 Å². The summed E-state index contributed by atoms with van der Waals surface area (Å²) < 4.78 is 5.09. The monoisotopic (exact) mass is 321 g/mol. The predicted octanol–water partition coefficient (Wildman–Crippen LogP) is 4.07. The molecule has 1 heterocycles. The summed E-state index contributed by atoms with van der Waals surface area (Å²) in [5, 5.41) is 0. The Labute approximate surface area is 143 Å². The van der Waals surface area contributed by atoms with Gasteiger partial charge in [-0.1, -0.05) is 48.0 Å². The number of amides is 1. The van der Waals surface area contributed by atoms with E-state index in [4.69, 9.17) is 4.74 Å². The summed E-state index contributed by atoms with van der Waals surface area (Å²) in [7, 11) is 1.59. The number of aryl methyl sites for hydroxylation is 1. The molecule has 0 N–H and O–H groups in total. The molecule has 124 valence electrons. The van der Waals surface area contributed by atoms with E-state index in [1.807, 2.05) is 4.90 Å². The van der Waals surface area contributed by atoms with Crippen LogP contribution in [0, 0.1) is 6.92 Å². The van der Waals surface area contributed by atoms with E-state index in [-0.39, 0.29) is 18.6 Å². The van der Waals surface area contributed by atoms with Crippen LogP contribution < -0.4 is 0 Å². The molecule has 2 aliphatic rings. The Morgan fingerprint density at radius 1 is 1.21 bits per heavy atom. The number of nitrogens with zero attached hydrogens (tertiary/aromatic N) is 1. The maximum Gasteiger partial charge on any atom is 0.249 e. The maximum atomic E-state index is 12.5. The van der Waals surface area contributed by atoms with Crippen molar-refractivity contribution in [1.82, 2.24) is 4.90 Å². The molecule has 1 saturated heterocycles. The smallest absolute Gasteiger partial charge is 0.249 e. The molecular weight excluding hydrogens is 298 g/mol. The lowest BCUT2D eigenvalue weighted by atomic mass is 9.93. The molecule has 3 heteroatoms. The second-order valence-electron chi connectivity index (χ2n) is 6.93. The highest BCUT2D eigenvalue weighted by molar-refractivity contribution is 5.80. The Morgan fingerprint density at radius 3 is 2.75 bits per heavy atom. The second kappa shape index (κ2) is 6.06. The molecule has 2 atom stereocenters. The van der Waals surface area contributed by atoms with E-state index in [0.29, 0.717) is 5.92 Å². The normalized spacial score (nSPS) is 21.7. The SMILES string of the molecule is COCC(=O)N1CC[C@@H]2C[C@@H]1c1c(-c3ccc(C)cc3)cccc12. The van der Waals surface area contributed by atoms with Crippen LogP contribution in [-0.4, -0.2) is 31.1 Å². The summed E-state index contributed by atoms with van der Waals surface area (Å²) in [6.45, 7) is 3.11. The standard InChI is InChI=1S/C21H23NO2/c1-14-6-8-15(9-7-14)17-4-3-5-18-16-10-11-22(20(23)13-24-2)19(12-16)21(17)18/h3-9,16,19H,10-13H2,1-2H3/t16-,19-/m1/s1. The Balaban J connectivity index is 1.79. The van der Waals surface area contributed by atoms with Crippen molar-refractivity contribution in [3.05, 3.63) is 59.2 Å². The molecule has 2 aromatic carbocycles. The number of methoxy groups -OCH3 is 1. The molecule has 2 bridgehead atoms. The van der Waals surface area contributed by atoms with Gasteiger partial charge in [0.25, 0.3) is 0 Å². The molecular formula is C21H23NO2. The van der Waals surface area contributed by atoms with Gasteiger partial charge in [0, 0.05) is 13.7 Å². The summed E-state index contributed by atoms with van der Waals surface area (Å²) in [6.07, 6.45) is 2.10. The minimum absolute atomic E-state index is 0.104. The van der Waals surface area contributed by atoms with Crippen LogP contribution >= 0.6 is 0 Å². The van der Waals surface area contributed by atoms with E-state index in [2.05, 4.69) is 49.4 Å². The summed E-state index contributed by atoms with van der Waals surface area (Å²) >= 11 is 0. The number of carbonyl (C=O) groups excluding carboxylic acids is 1. The van der Waals surface area contributed by atoms with Crippen molar-refractivity contribution in [2.75, 3.05) is 20.3 Å². The van der Waals surface area contributed by atoms with E-state index in [9.17, 15) is 4.79 Å². The predicted molar refractivity (Wildman–Crippen MR) is 94.9 cm³/mol. The zero-order valence-electron chi connectivity index (χ0n) is 14.3. The average molecular weight is 321 g/mol. The number of piperidine rings is 1. The summed E-state index contributed by atoms with van der Waals surface area (Å²) in [4.78, 5) is 14.5. The largest absolute Gasteiger partial charge is 0.375 e. The number of likely N-dealkylation sites (tertiary alicyclic amines) is 1. The molecule has 24 heavy (non-hydrogen) atoms. The van der Waals surface area contributed by atoms with Gasteiger partial charge in [-0.2, -0.15) is 0 Å². The number of benzene rings is 2. The van der Waals surface area contributed by atoms with Crippen LogP contribution in [0.15, 0.2) is 42.5 Å². The first-order chi connectivity index (χ1) is 11.7. The Hall–Kier alpha value is -2.13. The lowest BCUT2D eigenvalue weighted by Crippen LogP contribution is -2.39. The van der Waals surface area contributed by atoms with Crippen LogP contribution in [0.4, 0.5) is 0 Å². The van der Waals surface area contributed by atoms with Crippen LogP contribution in [0.2, 0.25) is 0 Å². The van der Waals surface area contributed by atoms with Crippen molar-refractivity contribution >= 4 is 5.91 Å². The van der Waals surface area contributed by atoms with Crippen molar-refractivity contribution in [1.29, 1.82) is 0 Å². The Morgan fingerprint density at radius 2 is 2.00 bits per heavy atom. The van der Waals surface area contributed by atoms with Gasteiger partial charge in [0.05, 0.1) is 6.04 Å². The molecule has 3 nitrogen and oxygen atoms in total. The molecule has 0 radical (unpaired) electrons. The third-order valence-corrected chi connectivity index (χ3v) is 5.47. The zero-order chi connectivity index (χ0) is 16.7. The van der Waals surface area contributed by atoms with Crippen molar-refractivity contribution in [2.24, 2.45) is 0 Å². The number of carbonyl (C=O) groups is 1. The van der Waals surface area contributed by atoms with Crippen LogP contribution in [0.1, 0.15) is 41.5 Å². The third-order valence-electron chi connectivity index (χ3n) is 5.47. The summed E-state index contributed by atoms with van der Waals surface area (Å²) in [5.74, 6) is 0.689. The van der Waals surface area contributed by atoms with Gasteiger partial charge in [-0.05, 0) is 47.9 Å². The van der Waals surface area contributed by atoms with Crippen molar-refractivity contribution in [3.63, 3.8) is 0 Å². The van der Waals surface area contributed by atoms with Crippen LogP contribution in [0.5, 0.6) is 0 Å². The highest BCUT2D eigenvalue weighted by atomic mass is 16.5. The first-order valence-electron chi connectivity index (χ1n) is 8.67.